The lowest BCUT2D eigenvalue weighted by molar-refractivity contribution is -0.137. The molecule has 11 N–H and O–H groups in total. The summed E-state index contributed by atoms with van der Waals surface area (Å²) in [6.45, 7) is 0.588. The Kier molecular flexibility index (Phi) is 17.6. The zero-order valence-corrected chi connectivity index (χ0v) is 37.7. The number of amides is 2. The normalized spacial score (nSPS) is 20.6. The highest BCUT2D eigenvalue weighted by molar-refractivity contribution is 8.02. The maximum atomic E-state index is 12.7. The van der Waals surface area contributed by atoms with Crippen LogP contribution in [0.5, 0.6) is 0 Å². The molecule has 352 valence electrons. The molecule has 29 heteroatoms. The molecule has 0 aliphatic carbocycles. The Morgan fingerprint density at radius 1 is 1.05 bits per heavy atom. The number of aliphatic hydroxyl groups excluding tert-OH is 2. The van der Waals surface area contributed by atoms with Crippen LogP contribution in [0.25, 0.3) is 22.1 Å². The van der Waals surface area contributed by atoms with Gasteiger partial charge in [0.05, 0.1) is 19.5 Å². The smallest absolute Gasteiger partial charge is 0.386 e. The lowest BCUT2D eigenvalue weighted by atomic mass is 9.87. The van der Waals surface area contributed by atoms with Crippen molar-refractivity contribution in [2.45, 2.75) is 70.2 Å². The minimum Gasteiger partial charge on any atom is -0.386 e. The number of rotatable bonds is 25. The van der Waals surface area contributed by atoms with Crippen molar-refractivity contribution in [3.63, 3.8) is 0 Å². The van der Waals surface area contributed by atoms with E-state index in [9.17, 15) is 57.9 Å². The number of hydrogen-bond acceptors (Lipinski definition) is 18. The van der Waals surface area contributed by atoms with Crippen LogP contribution in [0.15, 0.2) is 54.6 Å². The topological polar surface area (TPSA) is 379 Å². The Labute approximate surface area is 369 Å². The van der Waals surface area contributed by atoms with Crippen molar-refractivity contribution in [2.24, 2.45) is 5.41 Å². The van der Waals surface area contributed by atoms with E-state index in [-0.39, 0.29) is 42.3 Å². The SMILES string of the molecule is CC(C)(COP(=O)(O)OP(=O)(O)OC[C@H]1O[C@@H](n2cnc3c(N)ncnc32)[C@H](O)[C@@H]1OP(=O)(O)O)[C@@H](O)C(=O)NCCC(=O)NCCS/C=C/C(=O)CCCc1c[nH]c2ccccc12. The molecule has 4 heterocycles. The molecular weight excluding hydrogens is 929 g/mol. The van der Waals surface area contributed by atoms with Gasteiger partial charge < -0.3 is 55.9 Å². The van der Waals surface area contributed by atoms with E-state index in [4.69, 9.17) is 19.5 Å². The molecule has 0 spiro atoms. The number of anilines is 1. The molecule has 1 aliphatic heterocycles. The predicted molar refractivity (Wildman–Crippen MR) is 227 cm³/mol. The first-order valence-electron chi connectivity index (χ1n) is 19.3. The summed E-state index contributed by atoms with van der Waals surface area (Å²) in [6.07, 6.45) is -1.57. The first kappa shape index (κ1) is 51.1. The number of imidazole rings is 1. The molecule has 0 radical (unpaired) electrons. The lowest BCUT2D eigenvalue weighted by Crippen LogP contribution is -2.46. The second kappa shape index (κ2) is 22.0. The molecular formula is C35H49N8O17P3S. The summed E-state index contributed by atoms with van der Waals surface area (Å²) in [5.41, 5.74) is 6.48. The molecule has 0 saturated carbocycles. The molecule has 1 aromatic carbocycles. The van der Waals surface area contributed by atoms with Crippen LogP contribution in [0, 0.1) is 5.41 Å². The number of hydrogen-bond donors (Lipinski definition) is 10. The van der Waals surface area contributed by atoms with E-state index in [1.807, 2.05) is 30.5 Å². The Morgan fingerprint density at radius 2 is 1.78 bits per heavy atom. The molecule has 4 aromatic rings. The predicted octanol–water partition coefficient (Wildman–Crippen LogP) is 1.73. The maximum Gasteiger partial charge on any atom is 0.481 e. The van der Waals surface area contributed by atoms with Crippen LogP contribution in [-0.4, -0.2) is 128 Å². The number of aromatic amines is 1. The molecule has 25 nitrogen and oxygen atoms in total. The third-order valence-corrected chi connectivity index (χ3v) is 13.4. The van der Waals surface area contributed by atoms with Crippen molar-refractivity contribution in [1.29, 1.82) is 0 Å². The number of H-pyrrole nitrogens is 1. The summed E-state index contributed by atoms with van der Waals surface area (Å²) in [6, 6.07) is 7.97. The van der Waals surface area contributed by atoms with Crippen LogP contribution in [0.1, 0.15) is 44.9 Å². The van der Waals surface area contributed by atoms with Crippen molar-refractivity contribution in [3.05, 3.63) is 60.2 Å². The number of para-hydroxylation sites is 1. The number of nitrogens with zero attached hydrogens (tertiary/aromatic N) is 4. The Bertz CT molecular complexity index is 2450. The minimum atomic E-state index is -5.58. The second-order valence-corrected chi connectivity index (χ2v) is 20.2. The largest absolute Gasteiger partial charge is 0.481 e. The number of aryl methyl sites for hydroxylation is 1. The number of thioether (sulfide) groups is 1. The molecule has 1 aliphatic rings. The first-order valence-corrected chi connectivity index (χ1v) is 24.9. The molecule has 64 heavy (non-hydrogen) atoms. The number of phosphoric acid groups is 3. The highest BCUT2D eigenvalue weighted by atomic mass is 32.2. The summed E-state index contributed by atoms with van der Waals surface area (Å²) in [5.74, 6) is -0.947. The van der Waals surface area contributed by atoms with Gasteiger partial charge in [-0.1, -0.05) is 32.0 Å². The van der Waals surface area contributed by atoms with Gasteiger partial charge in [-0.2, -0.15) is 4.31 Å². The van der Waals surface area contributed by atoms with Crippen LogP contribution in [0.3, 0.4) is 0 Å². The number of nitrogen functional groups attached to an aromatic ring is 1. The number of allylic oxidation sites excluding steroid dienone is 1. The number of aromatic nitrogens is 5. The highest BCUT2D eigenvalue weighted by Gasteiger charge is 2.50. The fourth-order valence-electron chi connectivity index (χ4n) is 6.26. The number of carbonyl (C=O) groups excluding carboxylic acids is 3. The number of nitrogens with one attached hydrogen (secondary N) is 3. The van der Waals surface area contributed by atoms with E-state index in [1.54, 1.807) is 5.41 Å². The summed E-state index contributed by atoms with van der Waals surface area (Å²) in [4.78, 5) is 91.5. The van der Waals surface area contributed by atoms with Crippen molar-refractivity contribution < 1.29 is 80.5 Å². The van der Waals surface area contributed by atoms with Gasteiger partial charge in [-0.3, -0.25) is 32.5 Å². The fourth-order valence-corrected chi connectivity index (χ4v) is 9.69. The second-order valence-electron chi connectivity index (χ2n) is 14.9. The van der Waals surface area contributed by atoms with E-state index in [1.165, 1.54) is 31.7 Å². The van der Waals surface area contributed by atoms with E-state index in [0.717, 1.165) is 40.1 Å². The Balaban J connectivity index is 0.986. The monoisotopic (exact) mass is 978 g/mol. The molecule has 3 aromatic heterocycles. The summed E-state index contributed by atoms with van der Waals surface area (Å²) < 4.78 is 62.3. The number of phosphoric ester groups is 3. The standard InChI is InChI=1S/C35H49N8O17P3S/c1-35(2,30(47)33(48)38-12-10-26(45)37-13-15-64-14-11-22(44)7-5-6-21-16-39-24-9-4-3-8-23(21)24)18-57-63(54,55)60-62(52,53)56-17-25-29(59-61(49,50)51)28(46)34(58-25)43-20-42-27-31(36)40-19-41-32(27)43/h3-4,8-9,11,14,16,19-20,25,28-30,34,39,46-47H,5-7,10,12-13,15,17-18H2,1-2H3,(H,37,45)(H,38,48)(H,52,53)(H,54,55)(H2,36,40,41)(H2,49,50,51)/b14-11+/t25-,28-,29-,30+,34-/m1/s1. The average Bonchev–Trinajstić information content (AvgIpc) is 3.92. The van der Waals surface area contributed by atoms with E-state index in [0.29, 0.717) is 18.6 Å². The third kappa shape index (κ3) is 14.5. The van der Waals surface area contributed by atoms with Crippen LogP contribution in [-0.2, 0) is 57.1 Å². The van der Waals surface area contributed by atoms with E-state index in [2.05, 4.69) is 39.4 Å². The summed E-state index contributed by atoms with van der Waals surface area (Å²) in [5, 5.41) is 29.4. The number of ketones is 1. The first-order chi connectivity index (χ1) is 30.1. The number of aliphatic hydroxyl groups is 2. The van der Waals surface area contributed by atoms with Crippen molar-refractivity contribution in [1.82, 2.24) is 35.1 Å². The number of benzene rings is 1. The molecule has 2 amide bonds. The highest BCUT2D eigenvalue weighted by Crippen LogP contribution is 2.61. The molecule has 2 unspecified atom stereocenters. The van der Waals surface area contributed by atoms with Gasteiger partial charge in [0.2, 0.25) is 11.8 Å². The number of fused-ring (bicyclic) bond motifs is 2. The van der Waals surface area contributed by atoms with Gasteiger partial charge in [-0.05, 0) is 36.0 Å². The zero-order chi connectivity index (χ0) is 46.9. The van der Waals surface area contributed by atoms with Gasteiger partial charge in [0.1, 0.15) is 36.3 Å². The van der Waals surface area contributed by atoms with Crippen LogP contribution in [0.4, 0.5) is 5.82 Å². The van der Waals surface area contributed by atoms with Crippen molar-refractivity contribution in [2.75, 3.05) is 37.8 Å². The van der Waals surface area contributed by atoms with Crippen molar-refractivity contribution >= 4 is 80.7 Å². The number of carbonyl (C=O) groups is 3. The molecule has 0 bridgehead atoms. The number of nitrogens with two attached hydrogens (primary N) is 1. The Hall–Kier alpha value is -3.94. The lowest BCUT2D eigenvalue weighted by Gasteiger charge is -2.30. The zero-order valence-electron chi connectivity index (χ0n) is 34.2. The van der Waals surface area contributed by atoms with Crippen molar-refractivity contribution in [3.8, 4) is 0 Å². The summed E-state index contributed by atoms with van der Waals surface area (Å²) >= 11 is 1.34. The van der Waals surface area contributed by atoms with Gasteiger partial charge >= 0.3 is 23.5 Å². The molecule has 7 atom stereocenters. The van der Waals surface area contributed by atoms with Crippen LogP contribution < -0.4 is 16.4 Å². The quantitative estimate of drug-likeness (QED) is 0.0257. The maximum absolute atomic E-state index is 12.7. The van der Waals surface area contributed by atoms with E-state index >= 15 is 0 Å². The third-order valence-electron chi connectivity index (χ3n) is 9.51. The van der Waals surface area contributed by atoms with Crippen LogP contribution in [0.2, 0.25) is 0 Å². The average molecular weight is 979 g/mol. The van der Waals surface area contributed by atoms with Gasteiger partial charge in [-0.25, -0.2) is 28.6 Å². The van der Waals surface area contributed by atoms with Gasteiger partial charge in [-0.15, -0.1) is 11.8 Å². The molecule has 1 saturated heterocycles. The minimum absolute atomic E-state index is 0.00653. The van der Waals surface area contributed by atoms with Crippen LogP contribution >= 0.6 is 35.2 Å². The molecule has 5 rings (SSSR count). The fraction of sp³-hybridized carbons (Fsp3) is 0.486. The van der Waals surface area contributed by atoms with Gasteiger partial charge in [0, 0.05) is 54.2 Å². The van der Waals surface area contributed by atoms with E-state index < -0.39 is 84.6 Å². The Morgan fingerprint density at radius 3 is 2.53 bits per heavy atom. The van der Waals surface area contributed by atoms with Gasteiger partial charge in [0.15, 0.2) is 23.5 Å². The molecule has 1 fully saturated rings. The summed E-state index contributed by atoms with van der Waals surface area (Å²) in [7, 11) is -16.4. The van der Waals surface area contributed by atoms with Gasteiger partial charge in [0.25, 0.3) is 0 Å². The number of ether oxygens (including phenoxy) is 1.